The first-order chi connectivity index (χ1) is 19.1. The van der Waals surface area contributed by atoms with Gasteiger partial charge in [-0.15, -0.1) is 0 Å². The Morgan fingerprint density at radius 2 is 1.54 bits per heavy atom. The third kappa shape index (κ3) is 6.68. The number of unbranched alkanes of at least 4 members (excludes halogenated alkanes) is 1. The minimum absolute atomic E-state index is 0.0497. The molecule has 39 heavy (non-hydrogen) atoms. The van der Waals surface area contributed by atoms with E-state index in [2.05, 4.69) is 21.0 Å². The van der Waals surface area contributed by atoms with Gasteiger partial charge >= 0.3 is 0 Å². The number of aromatic hydroxyl groups is 2. The van der Waals surface area contributed by atoms with Crippen molar-refractivity contribution >= 4 is 32.6 Å². The zero-order valence-corrected chi connectivity index (χ0v) is 22.4. The molecule has 0 spiro atoms. The molecule has 4 aromatic rings. The number of nitrogens with zero attached hydrogens (tertiary/aromatic N) is 2. The third-order valence-corrected chi connectivity index (χ3v) is 6.93. The highest BCUT2D eigenvalue weighted by Crippen LogP contribution is 2.41. The molecule has 0 saturated heterocycles. The predicted molar refractivity (Wildman–Crippen MR) is 156 cm³/mol. The van der Waals surface area contributed by atoms with E-state index in [0.717, 1.165) is 63.9 Å². The number of benzene rings is 3. The number of hydrogen-bond donors (Lipinski definition) is 8. The fraction of sp³-hybridized carbons (Fsp3) is 0.500. The van der Waals surface area contributed by atoms with Gasteiger partial charge in [0.25, 0.3) is 0 Å². The van der Waals surface area contributed by atoms with Crippen LogP contribution < -0.4 is 32.5 Å². The van der Waals surface area contributed by atoms with E-state index in [4.69, 9.17) is 15.8 Å². The lowest BCUT2D eigenvalue weighted by Crippen LogP contribution is -2.23. The molecule has 11 nitrogen and oxygen atoms in total. The van der Waals surface area contributed by atoms with Crippen molar-refractivity contribution in [2.75, 3.05) is 59.0 Å². The maximum Gasteiger partial charge on any atom is 0.189 e. The number of aliphatic hydroxyl groups is 1. The van der Waals surface area contributed by atoms with Crippen molar-refractivity contribution in [1.29, 1.82) is 0 Å². The second kappa shape index (κ2) is 14.2. The Hall–Kier alpha value is -3.22. The van der Waals surface area contributed by atoms with Gasteiger partial charge in [0, 0.05) is 25.0 Å². The van der Waals surface area contributed by atoms with Gasteiger partial charge in [-0.2, -0.15) is 0 Å². The molecule has 1 aromatic heterocycles. The smallest absolute Gasteiger partial charge is 0.189 e. The first-order valence-electron chi connectivity index (χ1n) is 13.9. The molecule has 9 N–H and O–H groups in total. The molecule has 1 heterocycles. The number of aromatic amines is 1. The zero-order chi connectivity index (χ0) is 27.6. The molecule has 0 aliphatic carbocycles. The Morgan fingerprint density at radius 1 is 0.821 bits per heavy atom. The number of aromatic nitrogens is 2. The molecule has 11 heteroatoms. The second-order valence-electron chi connectivity index (χ2n) is 9.73. The van der Waals surface area contributed by atoms with Crippen LogP contribution >= 0.6 is 0 Å². The van der Waals surface area contributed by atoms with Gasteiger partial charge in [-0.05, 0) is 82.7 Å². The van der Waals surface area contributed by atoms with Crippen molar-refractivity contribution in [3.63, 3.8) is 0 Å². The number of nitrogens with two attached hydrogens (primary N) is 1. The Morgan fingerprint density at radius 3 is 2.28 bits per heavy atom. The molecule has 0 bridgehead atoms. The molecule has 212 valence electrons. The monoisotopic (exact) mass is 539 g/mol. The van der Waals surface area contributed by atoms with E-state index in [-0.39, 0.29) is 34.3 Å². The number of phenols is 2. The van der Waals surface area contributed by atoms with E-state index in [1.165, 1.54) is 12.1 Å². The van der Waals surface area contributed by atoms with Gasteiger partial charge in [0.1, 0.15) is 11.5 Å². The average Bonchev–Trinajstić information content (AvgIpc) is 3.30. The molecule has 0 radical (unpaired) electrons. The summed E-state index contributed by atoms with van der Waals surface area (Å²) >= 11 is 0. The van der Waals surface area contributed by atoms with Gasteiger partial charge in [0.2, 0.25) is 0 Å². The summed E-state index contributed by atoms with van der Waals surface area (Å²) in [6.07, 6.45) is 4.08. The SMILES string of the molecule is NCCCNCCCCNCCCN=c1ccc2c3c1c(O)c1c(O)ccc(=O)c1c3[nH]n2CCNCCO. The highest BCUT2D eigenvalue weighted by atomic mass is 16.3. The quantitative estimate of drug-likeness (QED) is 0.0714. The molecule has 0 aliphatic heterocycles. The number of aliphatic hydroxyl groups excluding tert-OH is 1. The first-order valence-corrected chi connectivity index (χ1v) is 13.9. The zero-order valence-electron chi connectivity index (χ0n) is 22.4. The van der Waals surface area contributed by atoms with Gasteiger partial charge in [-0.25, -0.2) is 0 Å². The van der Waals surface area contributed by atoms with Crippen LogP contribution in [0.3, 0.4) is 0 Å². The van der Waals surface area contributed by atoms with Crippen LogP contribution in [0.15, 0.2) is 34.1 Å². The topological polar surface area (TPSA) is 173 Å². The van der Waals surface area contributed by atoms with E-state index in [1.807, 2.05) is 16.8 Å². The highest BCUT2D eigenvalue weighted by Gasteiger charge is 2.22. The van der Waals surface area contributed by atoms with E-state index in [9.17, 15) is 15.0 Å². The molecule has 0 saturated carbocycles. The number of phenolic OH excluding ortho intramolecular Hbond substituents is 2. The molecule has 0 fully saturated rings. The van der Waals surface area contributed by atoms with Crippen molar-refractivity contribution in [1.82, 2.24) is 25.7 Å². The summed E-state index contributed by atoms with van der Waals surface area (Å²) < 4.78 is 1.91. The fourth-order valence-electron chi connectivity index (χ4n) is 5.00. The molecule has 0 amide bonds. The number of hydrogen-bond acceptors (Lipinski definition) is 9. The normalized spacial score (nSPS) is 12.5. The van der Waals surface area contributed by atoms with Crippen LogP contribution in [0.5, 0.6) is 11.5 Å². The molecule has 4 rings (SSSR count). The van der Waals surface area contributed by atoms with Gasteiger partial charge in [-0.1, -0.05) is 0 Å². The number of H-pyrrole nitrogens is 1. The van der Waals surface area contributed by atoms with Crippen molar-refractivity contribution in [2.45, 2.75) is 32.2 Å². The van der Waals surface area contributed by atoms with E-state index in [1.54, 1.807) is 0 Å². The molecule has 0 aliphatic rings. The number of nitrogens with one attached hydrogen (secondary N) is 4. The Labute approximate surface area is 227 Å². The summed E-state index contributed by atoms with van der Waals surface area (Å²) in [6, 6.07) is 6.44. The van der Waals surface area contributed by atoms with Crippen molar-refractivity contribution in [3.05, 3.63) is 39.8 Å². The van der Waals surface area contributed by atoms with E-state index < -0.39 is 0 Å². The number of fused-ring (bicyclic) bond motifs is 2. The molecule has 3 aromatic carbocycles. The van der Waals surface area contributed by atoms with Crippen LogP contribution in [-0.2, 0) is 6.54 Å². The van der Waals surface area contributed by atoms with Gasteiger partial charge in [-0.3, -0.25) is 19.6 Å². The standard InChI is InChI=1S/C28H41N7O4/c29-9-3-12-30-10-1-2-11-31-13-4-14-33-19-5-6-20-24-23(19)28(39)26-22(38)8-7-21(37)25(26)27(24)34-35(20)17-15-32-16-18-36/h5-8,30-32,34,36,38-39H,1-4,9-18,29H2. The fourth-order valence-corrected chi connectivity index (χ4v) is 5.00. The van der Waals surface area contributed by atoms with Crippen LogP contribution in [0.2, 0.25) is 0 Å². The molecular weight excluding hydrogens is 498 g/mol. The summed E-state index contributed by atoms with van der Waals surface area (Å²) in [6.45, 7) is 6.78. The third-order valence-electron chi connectivity index (χ3n) is 6.93. The maximum atomic E-state index is 12.9. The summed E-state index contributed by atoms with van der Waals surface area (Å²) in [5.74, 6) is -0.292. The lowest BCUT2D eigenvalue weighted by Gasteiger charge is -2.09. The predicted octanol–water partition coefficient (Wildman–Crippen LogP) is 0.666. The van der Waals surface area contributed by atoms with Crippen molar-refractivity contribution in [2.24, 2.45) is 10.7 Å². The van der Waals surface area contributed by atoms with Crippen LogP contribution in [0.25, 0.3) is 32.6 Å². The van der Waals surface area contributed by atoms with Gasteiger partial charge < -0.3 is 37.0 Å². The minimum atomic E-state index is -0.284. The lowest BCUT2D eigenvalue weighted by atomic mass is 9.99. The Kier molecular flexibility index (Phi) is 10.5. The maximum absolute atomic E-state index is 12.9. The summed E-state index contributed by atoms with van der Waals surface area (Å²) in [4.78, 5) is 17.6. The van der Waals surface area contributed by atoms with Crippen LogP contribution in [0.1, 0.15) is 25.7 Å². The second-order valence-corrected chi connectivity index (χ2v) is 9.73. The molecule has 0 unspecified atom stereocenters. The summed E-state index contributed by atoms with van der Waals surface area (Å²) in [7, 11) is 0. The van der Waals surface area contributed by atoms with E-state index in [0.29, 0.717) is 47.8 Å². The summed E-state index contributed by atoms with van der Waals surface area (Å²) in [5, 5.41) is 46.5. The average molecular weight is 540 g/mol. The minimum Gasteiger partial charge on any atom is -0.507 e. The van der Waals surface area contributed by atoms with Gasteiger partial charge in [0.05, 0.1) is 45.7 Å². The van der Waals surface area contributed by atoms with E-state index >= 15 is 0 Å². The van der Waals surface area contributed by atoms with Crippen molar-refractivity contribution < 1.29 is 15.3 Å². The largest absolute Gasteiger partial charge is 0.507 e. The lowest BCUT2D eigenvalue weighted by molar-refractivity contribution is 0.291. The van der Waals surface area contributed by atoms with Crippen LogP contribution in [0, 0.1) is 0 Å². The Bertz CT molecular complexity index is 1480. The highest BCUT2D eigenvalue weighted by molar-refractivity contribution is 6.23. The van der Waals surface area contributed by atoms with Crippen LogP contribution in [0.4, 0.5) is 0 Å². The first kappa shape index (κ1) is 28.8. The Balaban J connectivity index is 1.53. The molecular formula is C28H41N7O4. The number of rotatable bonds is 17. The van der Waals surface area contributed by atoms with Crippen molar-refractivity contribution in [3.8, 4) is 11.5 Å². The van der Waals surface area contributed by atoms with Gasteiger partial charge in [0.15, 0.2) is 5.43 Å². The molecule has 0 atom stereocenters. The van der Waals surface area contributed by atoms with Crippen LogP contribution in [-0.4, -0.2) is 84.1 Å². The summed E-state index contributed by atoms with van der Waals surface area (Å²) in [5.41, 5.74) is 6.60.